The molecule has 1 aliphatic rings. The highest BCUT2D eigenvalue weighted by Gasteiger charge is 2.34. The van der Waals surface area contributed by atoms with Gasteiger partial charge in [0.15, 0.2) is 14.9 Å². The zero-order valence-electron chi connectivity index (χ0n) is 14.4. The molecule has 1 saturated heterocycles. The molecule has 0 amide bonds. The fraction of sp³-hybridized carbons (Fsp3) is 0.389. The summed E-state index contributed by atoms with van der Waals surface area (Å²) in [4.78, 5) is 1.93. The molecule has 5 nitrogen and oxygen atoms in total. The molecule has 134 valence electrons. The Morgan fingerprint density at radius 1 is 1.36 bits per heavy atom. The van der Waals surface area contributed by atoms with Crippen LogP contribution < -0.4 is 5.32 Å². The predicted molar refractivity (Wildman–Crippen MR) is 103 cm³/mol. The molecular weight excluding hydrogens is 356 g/mol. The summed E-state index contributed by atoms with van der Waals surface area (Å²) in [6.07, 6.45) is 2.19. The first kappa shape index (κ1) is 17.9. The van der Waals surface area contributed by atoms with E-state index in [4.69, 9.17) is 16.6 Å². The van der Waals surface area contributed by atoms with Crippen LogP contribution in [0.3, 0.4) is 0 Å². The van der Waals surface area contributed by atoms with Crippen LogP contribution in [0.2, 0.25) is 0 Å². The molecule has 1 aliphatic heterocycles. The van der Waals surface area contributed by atoms with Crippen molar-refractivity contribution in [3.63, 3.8) is 0 Å². The van der Waals surface area contributed by atoms with Gasteiger partial charge in [-0.05, 0) is 56.2 Å². The molecule has 0 spiro atoms. The standard InChI is InChI=1S/C18H22N2O3S2/c1-13-5-6-17(14(2)10-13)19-18(24)20(11-16-4-3-8-23-16)15-7-9-25(21,22)12-15/h3-6,8,10,15H,7,9,11-12H2,1-2H3,(H,19,24). The van der Waals surface area contributed by atoms with Gasteiger partial charge in [-0.2, -0.15) is 0 Å². The number of nitrogens with one attached hydrogen (secondary N) is 1. The van der Waals surface area contributed by atoms with Gasteiger partial charge in [0, 0.05) is 11.7 Å². The summed E-state index contributed by atoms with van der Waals surface area (Å²) in [7, 11) is -3.00. The Hall–Kier alpha value is -1.86. The number of nitrogens with zero attached hydrogens (tertiary/aromatic N) is 1. The van der Waals surface area contributed by atoms with Crippen LogP contribution >= 0.6 is 12.2 Å². The second-order valence-electron chi connectivity index (χ2n) is 6.51. The molecule has 1 fully saturated rings. The highest BCUT2D eigenvalue weighted by atomic mass is 32.2. The van der Waals surface area contributed by atoms with Gasteiger partial charge in [-0.3, -0.25) is 0 Å². The minimum Gasteiger partial charge on any atom is -0.467 e. The lowest BCUT2D eigenvalue weighted by atomic mass is 10.1. The number of furan rings is 1. The first-order valence-electron chi connectivity index (χ1n) is 8.22. The van der Waals surface area contributed by atoms with Gasteiger partial charge < -0.3 is 14.6 Å². The maximum absolute atomic E-state index is 11.9. The van der Waals surface area contributed by atoms with Gasteiger partial charge >= 0.3 is 0 Å². The molecule has 1 unspecified atom stereocenters. The summed E-state index contributed by atoms with van der Waals surface area (Å²) in [6, 6.07) is 9.65. The SMILES string of the molecule is Cc1ccc(NC(=S)N(Cc2ccco2)C2CCS(=O)(=O)C2)c(C)c1. The number of rotatable bonds is 4. The van der Waals surface area contributed by atoms with Crippen LogP contribution in [0.1, 0.15) is 23.3 Å². The Kier molecular flexibility index (Phi) is 5.15. The molecule has 0 saturated carbocycles. The maximum Gasteiger partial charge on any atom is 0.174 e. The van der Waals surface area contributed by atoms with Crippen molar-refractivity contribution in [1.82, 2.24) is 4.90 Å². The van der Waals surface area contributed by atoms with E-state index in [0.29, 0.717) is 18.1 Å². The number of hydrogen-bond acceptors (Lipinski definition) is 4. The van der Waals surface area contributed by atoms with E-state index in [1.165, 1.54) is 5.56 Å². The van der Waals surface area contributed by atoms with Gasteiger partial charge in [0.05, 0.1) is 24.3 Å². The second kappa shape index (κ2) is 7.17. The molecular formula is C18H22N2O3S2. The lowest BCUT2D eigenvalue weighted by Gasteiger charge is -2.30. The van der Waals surface area contributed by atoms with Crippen LogP contribution in [0.5, 0.6) is 0 Å². The Morgan fingerprint density at radius 2 is 2.16 bits per heavy atom. The second-order valence-corrected chi connectivity index (χ2v) is 9.13. The number of hydrogen-bond donors (Lipinski definition) is 1. The third-order valence-electron chi connectivity index (χ3n) is 4.44. The van der Waals surface area contributed by atoms with E-state index in [-0.39, 0.29) is 17.5 Å². The zero-order valence-corrected chi connectivity index (χ0v) is 16.0. The van der Waals surface area contributed by atoms with Crippen molar-refractivity contribution in [3.8, 4) is 0 Å². The van der Waals surface area contributed by atoms with Gasteiger partial charge in [-0.25, -0.2) is 8.42 Å². The summed E-state index contributed by atoms with van der Waals surface area (Å²) in [5.41, 5.74) is 3.21. The van der Waals surface area contributed by atoms with Crippen LogP contribution in [0.15, 0.2) is 41.0 Å². The average Bonchev–Trinajstić information content (AvgIpc) is 3.16. The topological polar surface area (TPSA) is 62.6 Å². The lowest BCUT2D eigenvalue weighted by molar-refractivity contribution is 0.302. The van der Waals surface area contributed by atoms with Gasteiger partial charge in [-0.1, -0.05) is 17.7 Å². The van der Waals surface area contributed by atoms with Gasteiger partial charge in [0.2, 0.25) is 0 Å². The third-order valence-corrected chi connectivity index (χ3v) is 6.53. The molecule has 1 aromatic carbocycles. The molecule has 0 aliphatic carbocycles. The minimum absolute atomic E-state index is 0.127. The molecule has 25 heavy (non-hydrogen) atoms. The van der Waals surface area contributed by atoms with Gasteiger partial charge in [0.1, 0.15) is 5.76 Å². The first-order valence-corrected chi connectivity index (χ1v) is 10.4. The molecule has 2 aromatic rings. The van der Waals surface area contributed by atoms with E-state index in [0.717, 1.165) is 17.0 Å². The number of aryl methyl sites for hydroxylation is 2. The monoisotopic (exact) mass is 378 g/mol. The molecule has 1 aromatic heterocycles. The third kappa shape index (κ3) is 4.41. The normalized spacial score (nSPS) is 18.9. The van der Waals surface area contributed by atoms with E-state index < -0.39 is 9.84 Å². The van der Waals surface area contributed by atoms with Crippen molar-refractivity contribution in [3.05, 3.63) is 53.5 Å². The number of anilines is 1. The fourth-order valence-electron chi connectivity index (χ4n) is 3.10. The van der Waals surface area contributed by atoms with E-state index in [1.807, 2.05) is 43.0 Å². The number of benzene rings is 1. The largest absolute Gasteiger partial charge is 0.467 e. The summed E-state index contributed by atoms with van der Waals surface area (Å²) >= 11 is 5.61. The molecule has 0 bridgehead atoms. The first-order chi connectivity index (χ1) is 11.8. The van der Waals surface area contributed by atoms with E-state index >= 15 is 0 Å². The zero-order chi connectivity index (χ0) is 18.0. The van der Waals surface area contributed by atoms with Crippen molar-refractivity contribution in [2.45, 2.75) is 32.9 Å². The van der Waals surface area contributed by atoms with Gasteiger partial charge in [0.25, 0.3) is 0 Å². The molecule has 2 heterocycles. The summed E-state index contributed by atoms with van der Waals surface area (Å²) < 4.78 is 29.3. The maximum atomic E-state index is 11.9. The molecule has 7 heteroatoms. The Bertz CT molecular complexity index is 860. The van der Waals surface area contributed by atoms with Crippen molar-refractivity contribution >= 4 is 32.9 Å². The number of thiocarbonyl (C=S) groups is 1. The fourth-order valence-corrected chi connectivity index (χ4v) is 5.15. The Balaban J connectivity index is 1.81. The van der Waals surface area contributed by atoms with Crippen molar-refractivity contribution in [2.75, 3.05) is 16.8 Å². The summed E-state index contributed by atoms with van der Waals surface area (Å²) in [5.74, 6) is 1.09. The van der Waals surface area contributed by atoms with Crippen LogP contribution in [0, 0.1) is 13.8 Å². The lowest BCUT2D eigenvalue weighted by Crippen LogP contribution is -2.43. The Labute approximate surface area is 153 Å². The van der Waals surface area contributed by atoms with Crippen LogP contribution in [0.4, 0.5) is 5.69 Å². The van der Waals surface area contributed by atoms with E-state index in [9.17, 15) is 8.42 Å². The van der Waals surface area contributed by atoms with E-state index in [1.54, 1.807) is 6.26 Å². The highest BCUT2D eigenvalue weighted by molar-refractivity contribution is 7.91. The van der Waals surface area contributed by atoms with Crippen molar-refractivity contribution in [1.29, 1.82) is 0 Å². The minimum atomic E-state index is -3.00. The van der Waals surface area contributed by atoms with E-state index in [2.05, 4.69) is 11.4 Å². The van der Waals surface area contributed by atoms with Crippen LogP contribution in [-0.2, 0) is 16.4 Å². The quantitative estimate of drug-likeness (QED) is 0.824. The van der Waals surface area contributed by atoms with Crippen LogP contribution in [-0.4, -0.2) is 36.0 Å². The number of sulfone groups is 1. The summed E-state index contributed by atoms with van der Waals surface area (Å²) in [5, 5.41) is 3.79. The van der Waals surface area contributed by atoms with Gasteiger partial charge in [-0.15, -0.1) is 0 Å². The summed E-state index contributed by atoms with van der Waals surface area (Å²) in [6.45, 7) is 4.51. The molecule has 1 atom stereocenters. The van der Waals surface area contributed by atoms with Crippen LogP contribution in [0.25, 0.3) is 0 Å². The highest BCUT2D eigenvalue weighted by Crippen LogP contribution is 2.23. The van der Waals surface area contributed by atoms with Crippen molar-refractivity contribution < 1.29 is 12.8 Å². The smallest absolute Gasteiger partial charge is 0.174 e. The molecule has 1 N–H and O–H groups in total. The Morgan fingerprint density at radius 3 is 2.76 bits per heavy atom. The molecule has 0 radical (unpaired) electrons. The predicted octanol–water partition coefficient (Wildman–Crippen LogP) is 3.28. The van der Waals surface area contributed by atoms with Crippen molar-refractivity contribution in [2.24, 2.45) is 0 Å². The average molecular weight is 379 g/mol. The molecule has 3 rings (SSSR count).